The maximum Gasteiger partial charge on any atom is 0.0946 e. The quantitative estimate of drug-likeness (QED) is 0.809. The van der Waals surface area contributed by atoms with Gasteiger partial charge in [-0.1, -0.05) is 6.07 Å². The van der Waals surface area contributed by atoms with Crippen molar-refractivity contribution in [3.63, 3.8) is 0 Å². The third-order valence-corrected chi connectivity index (χ3v) is 2.41. The largest absolute Gasteiger partial charge is 0.336 e. The number of nitrogens with two attached hydrogens (primary N) is 1. The SMILES string of the molecule is Cn1cncc1C(N)Cc1cccnc1. The Balaban J connectivity index is 2.11. The Morgan fingerprint density at radius 1 is 1.40 bits per heavy atom. The van der Waals surface area contributed by atoms with Gasteiger partial charge in [0.1, 0.15) is 0 Å². The van der Waals surface area contributed by atoms with Crippen molar-refractivity contribution in [3.8, 4) is 0 Å². The average Bonchev–Trinajstić information content (AvgIpc) is 2.66. The number of rotatable bonds is 3. The third-order valence-electron chi connectivity index (χ3n) is 2.41. The first-order chi connectivity index (χ1) is 7.27. The highest BCUT2D eigenvalue weighted by molar-refractivity contribution is 5.14. The lowest BCUT2D eigenvalue weighted by Gasteiger charge is -2.11. The highest BCUT2D eigenvalue weighted by atomic mass is 15.0. The standard InChI is InChI=1S/C11H14N4/c1-15-8-14-7-11(15)10(12)5-9-3-2-4-13-6-9/h2-4,6-8,10H,5,12H2,1H3. The van der Waals surface area contributed by atoms with Crippen LogP contribution in [-0.2, 0) is 13.5 Å². The van der Waals surface area contributed by atoms with Crippen molar-refractivity contribution in [1.82, 2.24) is 14.5 Å². The summed E-state index contributed by atoms with van der Waals surface area (Å²) in [4.78, 5) is 8.12. The minimum atomic E-state index is -0.0262. The fourth-order valence-corrected chi connectivity index (χ4v) is 1.60. The second kappa shape index (κ2) is 4.23. The van der Waals surface area contributed by atoms with Gasteiger partial charge in [0.2, 0.25) is 0 Å². The first kappa shape index (κ1) is 9.86. The van der Waals surface area contributed by atoms with Crippen molar-refractivity contribution in [2.45, 2.75) is 12.5 Å². The highest BCUT2D eigenvalue weighted by Gasteiger charge is 2.10. The predicted octanol–water partition coefficient (Wildman–Crippen LogP) is 1.06. The summed E-state index contributed by atoms with van der Waals surface area (Å²) in [7, 11) is 1.95. The van der Waals surface area contributed by atoms with E-state index in [1.54, 1.807) is 18.7 Å². The Bertz CT molecular complexity index is 421. The maximum atomic E-state index is 6.08. The summed E-state index contributed by atoms with van der Waals surface area (Å²) in [5.74, 6) is 0. The second-order valence-corrected chi connectivity index (χ2v) is 3.60. The molecule has 78 valence electrons. The molecule has 1 atom stereocenters. The lowest BCUT2D eigenvalue weighted by Crippen LogP contribution is -2.16. The maximum absolute atomic E-state index is 6.08. The molecule has 2 aromatic heterocycles. The molecule has 0 spiro atoms. The molecule has 0 amide bonds. The smallest absolute Gasteiger partial charge is 0.0946 e. The van der Waals surface area contributed by atoms with Gasteiger partial charge in [-0.25, -0.2) is 4.98 Å². The van der Waals surface area contributed by atoms with E-state index in [2.05, 4.69) is 9.97 Å². The van der Waals surface area contributed by atoms with Crippen LogP contribution in [0.2, 0.25) is 0 Å². The van der Waals surface area contributed by atoms with E-state index in [1.807, 2.05) is 29.9 Å². The summed E-state index contributed by atoms with van der Waals surface area (Å²) >= 11 is 0. The lowest BCUT2D eigenvalue weighted by molar-refractivity contribution is 0.654. The molecule has 0 radical (unpaired) electrons. The Labute approximate surface area is 88.8 Å². The van der Waals surface area contributed by atoms with E-state index in [0.29, 0.717) is 0 Å². The molecular weight excluding hydrogens is 188 g/mol. The minimum absolute atomic E-state index is 0.0262. The van der Waals surface area contributed by atoms with E-state index in [-0.39, 0.29) is 6.04 Å². The molecule has 0 saturated carbocycles. The Kier molecular flexibility index (Phi) is 2.78. The Hall–Kier alpha value is -1.68. The average molecular weight is 202 g/mol. The van der Waals surface area contributed by atoms with Crippen molar-refractivity contribution in [2.75, 3.05) is 0 Å². The van der Waals surface area contributed by atoms with Crippen molar-refractivity contribution in [2.24, 2.45) is 12.8 Å². The summed E-state index contributed by atoms with van der Waals surface area (Å²) in [6.45, 7) is 0. The number of aromatic nitrogens is 3. The van der Waals surface area contributed by atoms with Crippen molar-refractivity contribution in [3.05, 3.63) is 48.3 Å². The highest BCUT2D eigenvalue weighted by Crippen LogP contribution is 2.13. The summed E-state index contributed by atoms with van der Waals surface area (Å²) in [6.07, 6.45) is 7.96. The van der Waals surface area contributed by atoms with Crippen LogP contribution >= 0.6 is 0 Å². The van der Waals surface area contributed by atoms with Crippen LogP contribution in [0.1, 0.15) is 17.3 Å². The van der Waals surface area contributed by atoms with Crippen LogP contribution in [0.5, 0.6) is 0 Å². The monoisotopic (exact) mass is 202 g/mol. The van der Waals surface area contributed by atoms with Gasteiger partial charge in [-0.3, -0.25) is 4.98 Å². The zero-order valence-electron chi connectivity index (χ0n) is 8.67. The molecule has 4 nitrogen and oxygen atoms in total. The van der Waals surface area contributed by atoms with E-state index in [9.17, 15) is 0 Å². The van der Waals surface area contributed by atoms with E-state index in [4.69, 9.17) is 5.73 Å². The molecule has 0 bridgehead atoms. The molecule has 0 aliphatic carbocycles. The number of pyridine rings is 1. The van der Waals surface area contributed by atoms with E-state index >= 15 is 0 Å². The normalized spacial score (nSPS) is 12.7. The number of aryl methyl sites for hydroxylation is 1. The number of nitrogens with zero attached hydrogens (tertiary/aromatic N) is 3. The summed E-state index contributed by atoms with van der Waals surface area (Å²) in [5.41, 5.74) is 8.27. The van der Waals surface area contributed by atoms with E-state index < -0.39 is 0 Å². The summed E-state index contributed by atoms with van der Waals surface area (Å²) in [6, 6.07) is 3.93. The van der Waals surface area contributed by atoms with Gasteiger partial charge < -0.3 is 10.3 Å². The fourth-order valence-electron chi connectivity index (χ4n) is 1.60. The molecule has 0 saturated heterocycles. The zero-order chi connectivity index (χ0) is 10.7. The van der Waals surface area contributed by atoms with Gasteiger partial charge in [-0.2, -0.15) is 0 Å². The molecule has 0 aliphatic rings. The van der Waals surface area contributed by atoms with Gasteiger partial charge in [-0.15, -0.1) is 0 Å². The van der Waals surface area contributed by atoms with Gasteiger partial charge in [0.25, 0.3) is 0 Å². The first-order valence-electron chi connectivity index (χ1n) is 4.88. The van der Waals surface area contributed by atoms with Gasteiger partial charge >= 0.3 is 0 Å². The van der Waals surface area contributed by atoms with Crippen LogP contribution in [0.15, 0.2) is 37.1 Å². The molecule has 2 rings (SSSR count). The lowest BCUT2D eigenvalue weighted by atomic mass is 10.1. The second-order valence-electron chi connectivity index (χ2n) is 3.60. The third kappa shape index (κ3) is 2.22. The first-order valence-corrected chi connectivity index (χ1v) is 4.88. The van der Waals surface area contributed by atoms with Crippen LogP contribution in [0.25, 0.3) is 0 Å². The van der Waals surface area contributed by atoms with Gasteiger partial charge in [0.05, 0.1) is 18.1 Å². The molecule has 1 unspecified atom stereocenters. The van der Waals surface area contributed by atoms with Crippen LogP contribution in [0.4, 0.5) is 0 Å². The minimum Gasteiger partial charge on any atom is -0.336 e. The molecule has 0 aromatic carbocycles. The van der Waals surface area contributed by atoms with Gasteiger partial charge in [0.15, 0.2) is 0 Å². The summed E-state index contributed by atoms with van der Waals surface area (Å²) < 4.78 is 1.95. The van der Waals surface area contributed by atoms with E-state index in [1.165, 1.54) is 0 Å². The topological polar surface area (TPSA) is 56.7 Å². The molecule has 0 fully saturated rings. The number of hydrogen-bond donors (Lipinski definition) is 1. The molecular formula is C11H14N4. The Morgan fingerprint density at radius 2 is 2.27 bits per heavy atom. The van der Waals surface area contributed by atoms with Crippen LogP contribution in [0.3, 0.4) is 0 Å². The van der Waals surface area contributed by atoms with Crippen LogP contribution in [0, 0.1) is 0 Å². The van der Waals surface area contributed by atoms with Crippen molar-refractivity contribution in [1.29, 1.82) is 0 Å². The molecule has 4 heteroatoms. The Morgan fingerprint density at radius 3 is 2.87 bits per heavy atom. The molecule has 0 aliphatic heterocycles. The van der Waals surface area contributed by atoms with Crippen molar-refractivity contribution < 1.29 is 0 Å². The molecule has 2 aromatic rings. The predicted molar refractivity (Wildman–Crippen MR) is 58.1 cm³/mol. The molecule has 2 N–H and O–H groups in total. The van der Waals surface area contributed by atoms with Crippen LogP contribution < -0.4 is 5.73 Å². The number of hydrogen-bond acceptors (Lipinski definition) is 3. The van der Waals surface area contributed by atoms with Crippen LogP contribution in [-0.4, -0.2) is 14.5 Å². The number of imidazole rings is 1. The molecule has 15 heavy (non-hydrogen) atoms. The molecule has 2 heterocycles. The summed E-state index contributed by atoms with van der Waals surface area (Å²) in [5, 5.41) is 0. The fraction of sp³-hybridized carbons (Fsp3) is 0.273. The zero-order valence-corrected chi connectivity index (χ0v) is 8.67. The van der Waals surface area contributed by atoms with E-state index in [0.717, 1.165) is 17.7 Å². The van der Waals surface area contributed by atoms with Gasteiger partial charge in [0, 0.05) is 25.6 Å². The van der Waals surface area contributed by atoms with Gasteiger partial charge in [-0.05, 0) is 18.1 Å². The van der Waals surface area contributed by atoms with Crippen molar-refractivity contribution >= 4 is 0 Å².